The molecule has 0 unspecified atom stereocenters. The third-order valence-corrected chi connectivity index (χ3v) is 4.96. The van der Waals surface area contributed by atoms with Crippen molar-refractivity contribution in [3.8, 4) is 11.5 Å². The summed E-state index contributed by atoms with van der Waals surface area (Å²) in [6.07, 6.45) is 1.61. The molecule has 1 aliphatic rings. The van der Waals surface area contributed by atoms with Crippen LogP contribution in [0.4, 0.5) is 0 Å². The van der Waals surface area contributed by atoms with E-state index in [9.17, 15) is 4.79 Å². The molecule has 0 bridgehead atoms. The largest absolute Gasteiger partial charge is 0.457 e. The van der Waals surface area contributed by atoms with Crippen molar-refractivity contribution in [2.45, 2.75) is 6.54 Å². The number of hydrazone groups is 1. The third kappa shape index (κ3) is 6.25. The molecule has 1 aliphatic heterocycles. The molecule has 6 nitrogen and oxygen atoms in total. The van der Waals surface area contributed by atoms with Gasteiger partial charge < -0.3 is 9.47 Å². The molecule has 3 aromatic carbocycles. The summed E-state index contributed by atoms with van der Waals surface area (Å²) in [4.78, 5) is 14.7. The number of carbonyl (C=O) groups excluding carboxylic acids is 1. The van der Waals surface area contributed by atoms with Crippen LogP contribution in [0.1, 0.15) is 21.5 Å². The number of ether oxygens (including phenoxy) is 2. The Labute approximate surface area is 182 Å². The summed E-state index contributed by atoms with van der Waals surface area (Å²) in [6.45, 7) is 4.31. The highest BCUT2D eigenvalue weighted by Crippen LogP contribution is 2.20. The molecule has 0 saturated carbocycles. The zero-order valence-electron chi connectivity index (χ0n) is 17.2. The van der Waals surface area contributed by atoms with Crippen LogP contribution in [0.2, 0.25) is 0 Å². The van der Waals surface area contributed by atoms with Crippen LogP contribution in [-0.4, -0.2) is 43.3 Å². The van der Waals surface area contributed by atoms with Crippen molar-refractivity contribution in [2.24, 2.45) is 5.10 Å². The van der Waals surface area contributed by atoms with Gasteiger partial charge in [0.05, 0.1) is 19.4 Å². The minimum Gasteiger partial charge on any atom is -0.457 e. The smallest absolute Gasteiger partial charge is 0.271 e. The number of amides is 1. The maximum atomic E-state index is 12.3. The van der Waals surface area contributed by atoms with Crippen molar-refractivity contribution in [3.05, 3.63) is 95.6 Å². The van der Waals surface area contributed by atoms with Crippen LogP contribution in [0.15, 0.2) is 84.0 Å². The van der Waals surface area contributed by atoms with E-state index >= 15 is 0 Å². The first-order valence-electron chi connectivity index (χ1n) is 10.3. The van der Waals surface area contributed by atoms with Crippen LogP contribution in [0.3, 0.4) is 0 Å². The number of rotatable bonds is 7. The lowest BCUT2D eigenvalue weighted by atomic mass is 10.1. The molecule has 6 heteroatoms. The molecule has 1 N–H and O–H groups in total. The molecule has 0 radical (unpaired) electrons. The molecule has 158 valence electrons. The molecular formula is C25H25N3O3. The van der Waals surface area contributed by atoms with E-state index in [1.165, 1.54) is 5.56 Å². The first-order chi connectivity index (χ1) is 15.3. The standard InChI is InChI=1S/C25H25N3O3/c29-25(22-10-6-21(7-11-22)19-28-14-16-30-17-15-28)27-26-18-20-8-12-24(13-9-20)31-23-4-2-1-3-5-23/h1-13,18H,14-17,19H2,(H,27,29)/b26-18+. The second kappa shape index (κ2) is 10.5. The highest BCUT2D eigenvalue weighted by Gasteiger charge is 2.11. The van der Waals surface area contributed by atoms with Crippen molar-refractivity contribution in [3.63, 3.8) is 0 Å². The minimum atomic E-state index is -0.238. The lowest BCUT2D eigenvalue weighted by Gasteiger charge is -2.26. The number of nitrogens with zero attached hydrogens (tertiary/aromatic N) is 2. The molecular weight excluding hydrogens is 390 g/mol. The van der Waals surface area contributed by atoms with Gasteiger partial charge in [-0.05, 0) is 59.7 Å². The molecule has 3 aromatic rings. The van der Waals surface area contributed by atoms with Crippen LogP contribution in [0, 0.1) is 0 Å². The Bertz CT molecular complexity index is 996. The molecule has 4 rings (SSSR count). The molecule has 31 heavy (non-hydrogen) atoms. The van der Waals surface area contributed by atoms with Gasteiger partial charge in [0.15, 0.2) is 0 Å². The Kier molecular flexibility index (Phi) is 7.05. The quantitative estimate of drug-likeness (QED) is 0.467. The summed E-state index contributed by atoms with van der Waals surface area (Å²) in [5.74, 6) is 1.29. The molecule has 0 aromatic heterocycles. The molecule has 1 amide bonds. The van der Waals surface area contributed by atoms with Crippen LogP contribution in [0.5, 0.6) is 11.5 Å². The lowest BCUT2D eigenvalue weighted by molar-refractivity contribution is 0.0342. The summed E-state index contributed by atoms with van der Waals surface area (Å²) < 4.78 is 11.1. The molecule has 1 fully saturated rings. The molecule has 0 spiro atoms. The first-order valence-corrected chi connectivity index (χ1v) is 10.3. The fraction of sp³-hybridized carbons (Fsp3) is 0.200. The Morgan fingerprint density at radius 3 is 2.32 bits per heavy atom. The zero-order valence-corrected chi connectivity index (χ0v) is 17.2. The number of morpholine rings is 1. The Morgan fingerprint density at radius 1 is 0.935 bits per heavy atom. The van der Waals surface area contributed by atoms with E-state index in [1.807, 2.05) is 78.9 Å². The number of nitrogens with one attached hydrogen (secondary N) is 1. The van der Waals surface area contributed by atoms with Gasteiger partial charge in [0.25, 0.3) is 5.91 Å². The predicted molar refractivity (Wildman–Crippen MR) is 121 cm³/mol. The van der Waals surface area contributed by atoms with Crippen LogP contribution >= 0.6 is 0 Å². The fourth-order valence-corrected chi connectivity index (χ4v) is 3.26. The lowest BCUT2D eigenvalue weighted by Crippen LogP contribution is -2.35. The van der Waals surface area contributed by atoms with E-state index in [-0.39, 0.29) is 5.91 Å². The monoisotopic (exact) mass is 415 g/mol. The van der Waals surface area contributed by atoms with Crippen molar-refractivity contribution >= 4 is 12.1 Å². The highest BCUT2D eigenvalue weighted by atomic mass is 16.5. The summed E-state index contributed by atoms with van der Waals surface area (Å²) in [5.41, 5.74) is 5.20. The van der Waals surface area contributed by atoms with Crippen LogP contribution in [0.25, 0.3) is 0 Å². The molecule has 0 aliphatic carbocycles. The van der Waals surface area contributed by atoms with Crippen molar-refractivity contribution in [1.29, 1.82) is 0 Å². The number of para-hydroxylation sites is 1. The van der Waals surface area contributed by atoms with E-state index < -0.39 is 0 Å². The average Bonchev–Trinajstić information content (AvgIpc) is 2.82. The summed E-state index contributed by atoms with van der Waals surface area (Å²) >= 11 is 0. The van der Waals surface area contributed by atoms with Crippen molar-refractivity contribution in [1.82, 2.24) is 10.3 Å². The SMILES string of the molecule is O=C(N/N=C/c1ccc(Oc2ccccc2)cc1)c1ccc(CN2CCOCC2)cc1. The number of carbonyl (C=O) groups is 1. The van der Waals surface area contributed by atoms with Crippen LogP contribution in [-0.2, 0) is 11.3 Å². The molecule has 0 atom stereocenters. The van der Waals surface area contributed by atoms with Gasteiger partial charge in [0, 0.05) is 25.2 Å². The van der Waals surface area contributed by atoms with E-state index in [1.54, 1.807) is 6.21 Å². The van der Waals surface area contributed by atoms with E-state index in [4.69, 9.17) is 9.47 Å². The van der Waals surface area contributed by atoms with Gasteiger partial charge in [-0.2, -0.15) is 5.10 Å². The van der Waals surface area contributed by atoms with Crippen molar-refractivity contribution < 1.29 is 14.3 Å². The molecule has 1 heterocycles. The second-order valence-corrected chi connectivity index (χ2v) is 7.27. The van der Waals surface area contributed by atoms with Crippen LogP contribution < -0.4 is 10.2 Å². The Morgan fingerprint density at radius 2 is 1.61 bits per heavy atom. The molecule has 1 saturated heterocycles. The minimum absolute atomic E-state index is 0.238. The van der Waals surface area contributed by atoms with Gasteiger partial charge in [-0.3, -0.25) is 9.69 Å². The van der Waals surface area contributed by atoms with Gasteiger partial charge in [0.1, 0.15) is 11.5 Å². The number of benzene rings is 3. The number of hydrogen-bond acceptors (Lipinski definition) is 5. The summed E-state index contributed by atoms with van der Waals surface area (Å²) in [5, 5.41) is 4.06. The average molecular weight is 415 g/mol. The van der Waals surface area contributed by atoms with E-state index in [0.29, 0.717) is 5.56 Å². The number of hydrogen-bond donors (Lipinski definition) is 1. The second-order valence-electron chi connectivity index (χ2n) is 7.27. The summed E-state index contributed by atoms with van der Waals surface area (Å²) in [6, 6.07) is 24.7. The maximum Gasteiger partial charge on any atom is 0.271 e. The predicted octanol–water partition coefficient (Wildman–Crippen LogP) is 4.08. The first kappa shape index (κ1) is 20.8. The van der Waals surface area contributed by atoms with Crippen molar-refractivity contribution in [2.75, 3.05) is 26.3 Å². The maximum absolute atomic E-state index is 12.3. The van der Waals surface area contributed by atoms with Gasteiger partial charge in [-0.1, -0.05) is 30.3 Å². The van der Waals surface area contributed by atoms with Gasteiger partial charge in [0.2, 0.25) is 0 Å². The normalized spacial score (nSPS) is 14.5. The fourth-order valence-electron chi connectivity index (χ4n) is 3.26. The van der Waals surface area contributed by atoms with E-state index in [0.717, 1.165) is 49.9 Å². The topological polar surface area (TPSA) is 63.2 Å². The van der Waals surface area contributed by atoms with Gasteiger partial charge in [-0.15, -0.1) is 0 Å². The van der Waals surface area contributed by atoms with Gasteiger partial charge >= 0.3 is 0 Å². The zero-order chi connectivity index (χ0) is 21.3. The van der Waals surface area contributed by atoms with E-state index in [2.05, 4.69) is 15.4 Å². The summed E-state index contributed by atoms with van der Waals surface area (Å²) in [7, 11) is 0. The third-order valence-electron chi connectivity index (χ3n) is 4.96. The highest BCUT2D eigenvalue weighted by molar-refractivity contribution is 5.94. The van der Waals surface area contributed by atoms with Gasteiger partial charge in [-0.25, -0.2) is 5.43 Å². The Hall–Kier alpha value is -3.48. The Balaban J connectivity index is 1.26.